The fraction of sp³-hybridized carbons (Fsp3) is 0.800. The highest BCUT2D eigenvalue weighted by Crippen LogP contribution is 2.05. The van der Waals surface area contributed by atoms with Crippen molar-refractivity contribution in [3.05, 3.63) is 11.7 Å². The molecule has 4 nitrogen and oxygen atoms in total. The number of rotatable bonds is 6. The quantitative estimate of drug-likeness (QED) is 0.752. The molecule has 1 rings (SSSR count). The number of nitrogens with one attached hydrogen (secondary N) is 1. The van der Waals surface area contributed by atoms with E-state index in [9.17, 15) is 0 Å². The number of likely N-dealkylation sites (N-methyl/N-ethyl adjacent to an activating group) is 1. The molecule has 0 bridgehead atoms. The van der Waals surface area contributed by atoms with E-state index in [0.717, 1.165) is 31.0 Å². The number of aryl methyl sites for hydroxylation is 1. The number of aromatic nitrogens is 2. The van der Waals surface area contributed by atoms with Crippen molar-refractivity contribution in [2.45, 2.75) is 45.6 Å². The van der Waals surface area contributed by atoms with E-state index in [4.69, 9.17) is 4.52 Å². The second-order valence-electron chi connectivity index (χ2n) is 3.44. The normalized spacial score (nSPS) is 13.1. The number of hydrogen-bond acceptors (Lipinski definition) is 4. The van der Waals surface area contributed by atoms with Crippen LogP contribution in [-0.2, 0) is 12.8 Å². The average Bonchev–Trinajstić information content (AvgIpc) is 2.65. The summed E-state index contributed by atoms with van der Waals surface area (Å²) in [5.41, 5.74) is 0. The minimum atomic E-state index is 0.449. The minimum Gasteiger partial charge on any atom is -0.339 e. The summed E-state index contributed by atoms with van der Waals surface area (Å²) in [4.78, 5) is 4.28. The predicted octanol–water partition coefficient (Wildman–Crippen LogP) is 1.56. The molecule has 1 aromatic heterocycles. The molecule has 14 heavy (non-hydrogen) atoms. The Kier molecular flexibility index (Phi) is 4.59. The Morgan fingerprint density at radius 2 is 2.21 bits per heavy atom. The van der Waals surface area contributed by atoms with Crippen molar-refractivity contribution in [3.63, 3.8) is 0 Å². The maximum absolute atomic E-state index is 5.13. The fourth-order valence-corrected chi connectivity index (χ4v) is 1.42. The van der Waals surface area contributed by atoms with E-state index < -0.39 is 0 Å². The van der Waals surface area contributed by atoms with Crippen LogP contribution in [0.5, 0.6) is 0 Å². The summed E-state index contributed by atoms with van der Waals surface area (Å²) in [6.45, 7) is 4.20. The number of hydrogen-bond donors (Lipinski definition) is 1. The topological polar surface area (TPSA) is 51.0 Å². The van der Waals surface area contributed by atoms with Gasteiger partial charge in [-0.25, -0.2) is 0 Å². The lowest BCUT2D eigenvalue weighted by Crippen LogP contribution is -2.27. The SMILES string of the molecule is CCCC(Cc1nc(CC)no1)NC. The zero-order valence-corrected chi connectivity index (χ0v) is 9.21. The van der Waals surface area contributed by atoms with Gasteiger partial charge in [-0.2, -0.15) is 4.98 Å². The van der Waals surface area contributed by atoms with Gasteiger partial charge in [0, 0.05) is 18.9 Å². The van der Waals surface area contributed by atoms with Gasteiger partial charge in [-0.3, -0.25) is 0 Å². The maximum atomic E-state index is 5.13. The molecule has 0 aromatic carbocycles. The van der Waals surface area contributed by atoms with E-state index >= 15 is 0 Å². The first-order valence-corrected chi connectivity index (χ1v) is 5.28. The van der Waals surface area contributed by atoms with Gasteiger partial charge in [-0.05, 0) is 13.5 Å². The van der Waals surface area contributed by atoms with Crippen molar-refractivity contribution in [2.75, 3.05) is 7.05 Å². The van der Waals surface area contributed by atoms with Crippen LogP contribution in [0.1, 0.15) is 38.4 Å². The highest BCUT2D eigenvalue weighted by molar-refractivity contribution is 4.88. The second-order valence-corrected chi connectivity index (χ2v) is 3.44. The summed E-state index contributed by atoms with van der Waals surface area (Å²) in [7, 11) is 1.97. The third kappa shape index (κ3) is 3.10. The van der Waals surface area contributed by atoms with Crippen LogP contribution >= 0.6 is 0 Å². The summed E-state index contributed by atoms with van der Waals surface area (Å²) < 4.78 is 5.13. The first-order valence-electron chi connectivity index (χ1n) is 5.28. The molecule has 1 unspecified atom stereocenters. The van der Waals surface area contributed by atoms with Crippen LogP contribution in [0.4, 0.5) is 0 Å². The lowest BCUT2D eigenvalue weighted by atomic mass is 10.1. The third-order valence-electron chi connectivity index (χ3n) is 2.29. The molecule has 0 spiro atoms. The summed E-state index contributed by atoms with van der Waals surface area (Å²) in [6.07, 6.45) is 3.97. The minimum absolute atomic E-state index is 0.449. The summed E-state index contributed by atoms with van der Waals surface area (Å²) >= 11 is 0. The van der Waals surface area contributed by atoms with Crippen molar-refractivity contribution in [3.8, 4) is 0 Å². The molecule has 80 valence electrons. The zero-order chi connectivity index (χ0) is 10.4. The Morgan fingerprint density at radius 1 is 1.43 bits per heavy atom. The van der Waals surface area contributed by atoms with E-state index in [0.29, 0.717) is 6.04 Å². The zero-order valence-electron chi connectivity index (χ0n) is 9.21. The Bertz CT molecular complexity index is 260. The molecule has 1 heterocycles. The van der Waals surface area contributed by atoms with E-state index in [1.165, 1.54) is 6.42 Å². The Balaban J connectivity index is 2.48. The van der Waals surface area contributed by atoms with E-state index in [1.54, 1.807) is 0 Å². The van der Waals surface area contributed by atoms with E-state index in [-0.39, 0.29) is 0 Å². The van der Waals surface area contributed by atoms with E-state index in [1.807, 2.05) is 14.0 Å². The van der Waals surface area contributed by atoms with Gasteiger partial charge in [-0.15, -0.1) is 0 Å². The maximum Gasteiger partial charge on any atom is 0.228 e. The first kappa shape index (κ1) is 11.2. The molecule has 0 fully saturated rings. The van der Waals surface area contributed by atoms with E-state index in [2.05, 4.69) is 22.4 Å². The van der Waals surface area contributed by atoms with Crippen LogP contribution in [0.25, 0.3) is 0 Å². The Morgan fingerprint density at radius 3 is 2.71 bits per heavy atom. The molecule has 1 atom stereocenters. The molecule has 1 aromatic rings. The summed E-state index contributed by atoms with van der Waals surface area (Å²) in [5.74, 6) is 1.54. The van der Waals surface area contributed by atoms with Crippen molar-refractivity contribution in [1.82, 2.24) is 15.5 Å². The van der Waals surface area contributed by atoms with Gasteiger partial charge in [0.05, 0.1) is 0 Å². The molecular formula is C10H19N3O. The highest BCUT2D eigenvalue weighted by atomic mass is 16.5. The van der Waals surface area contributed by atoms with Gasteiger partial charge >= 0.3 is 0 Å². The van der Waals surface area contributed by atoms with Crippen molar-refractivity contribution in [2.24, 2.45) is 0 Å². The van der Waals surface area contributed by atoms with Gasteiger partial charge in [0.2, 0.25) is 5.89 Å². The molecule has 0 aliphatic rings. The molecule has 1 N–H and O–H groups in total. The van der Waals surface area contributed by atoms with Gasteiger partial charge < -0.3 is 9.84 Å². The van der Waals surface area contributed by atoms with Crippen molar-refractivity contribution in [1.29, 1.82) is 0 Å². The first-order chi connectivity index (χ1) is 6.80. The van der Waals surface area contributed by atoms with Gasteiger partial charge in [0.25, 0.3) is 0 Å². The van der Waals surface area contributed by atoms with Gasteiger partial charge in [0.1, 0.15) is 0 Å². The second kappa shape index (κ2) is 5.75. The van der Waals surface area contributed by atoms with Crippen LogP contribution in [0.2, 0.25) is 0 Å². The summed E-state index contributed by atoms with van der Waals surface area (Å²) in [6, 6.07) is 0.449. The molecule has 0 aliphatic heterocycles. The monoisotopic (exact) mass is 197 g/mol. The van der Waals surface area contributed by atoms with Crippen LogP contribution in [0.15, 0.2) is 4.52 Å². The molecular weight excluding hydrogens is 178 g/mol. The van der Waals surface area contributed by atoms with Crippen LogP contribution in [0, 0.1) is 0 Å². The molecule has 0 saturated carbocycles. The third-order valence-corrected chi connectivity index (χ3v) is 2.29. The molecule has 4 heteroatoms. The van der Waals surface area contributed by atoms with Crippen molar-refractivity contribution >= 4 is 0 Å². The smallest absolute Gasteiger partial charge is 0.228 e. The number of nitrogens with zero attached hydrogens (tertiary/aromatic N) is 2. The Labute approximate surface area is 85.1 Å². The standard InChI is InChI=1S/C10H19N3O/c1-4-6-8(11-3)7-10-12-9(5-2)13-14-10/h8,11H,4-7H2,1-3H3. The van der Waals surface area contributed by atoms with Crippen molar-refractivity contribution < 1.29 is 4.52 Å². The van der Waals surface area contributed by atoms with Crippen LogP contribution in [0.3, 0.4) is 0 Å². The molecule has 0 amide bonds. The molecule has 0 saturated heterocycles. The van der Waals surface area contributed by atoms with Crippen LogP contribution in [-0.4, -0.2) is 23.2 Å². The fourth-order valence-electron chi connectivity index (χ4n) is 1.42. The molecule has 0 aliphatic carbocycles. The average molecular weight is 197 g/mol. The predicted molar refractivity (Wildman–Crippen MR) is 55.1 cm³/mol. The van der Waals surface area contributed by atoms with Gasteiger partial charge in [-0.1, -0.05) is 25.4 Å². The highest BCUT2D eigenvalue weighted by Gasteiger charge is 2.11. The largest absolute Gasteiger partial charge is 0.339 e. The lowest BCUT2D eigenvalue weighted by Gasteiger charge is -2.11. The molecule has 0 radical (unpaired) electrons. The summed E-state index contributed by atoms with van der Waals surface area (Å²) in [5, 5.41) is 7.12. The van der Waals surface area contributed by atoms with Crippen LogP contribution < -0.4 is 5.32 Å². The lowest BCUT2D eigenvalue weighted by molar-refractivity contribution is 0.352. The van der Waals surface area contributed by atoms with Gasteiger partial charge in [0.15, 0.2) is 5.82 Å². The Hall–Kier alpha value is -0.900.